The Kier molecular flexibility index (Phi) is 13.5. The number of nitrogens with zero attached hydrogens (tertiary/aromatic N) is 4. The van der Waals surface area contributed by atoms with E-state index in [9.17, 15) is 14.9 Å². The van der Waals surface area contributed by atoms with Gasteiger partial charge in [-0.05, 0) is 164 Å². The minimum atomic E-state index is -2.20. The van der Waals surface area contributed by atoms with Crippen LogP contribution in [-0.2, 0) is 20.4 Å². The van der Waals surface area contributed by atoms with Crippen molar-refractivity contribution >= 4 is 47.7 Å². The SMILES string of the molecule is CN1CCC[C@H]1COc1nc2c(F)c(-c3cc(OC(=O)C(C)(C)C)cc4ccccc34)c(CCC#N)cc2c(N(C(=O)OC(C)(C)C)C2C3CCC2C3)c1C#CCO[Si](C)(C)C(C)(C)C. The number of likely N-dealkylation sites (N-methyl/N-ethyl adjacent to an activating group) is 1. The van der Waals surface area contributed by atoms with Crippen LogP contribution in [0.4, 0.5) is 14.9 Å². The maximum absolute atomic E-state index is 18.5. The second-order valence-corrected chi connectivity index (χ2v) is 26.7. The van der Waals surface area contributed by atoms with Crippen LogP contribution in [0.15, 0.2) is 42.5 Å². The Morgan fingerprint density at radius 2 is 1.69 bits per heavy atom. The molecule has 0 N–H and O–H groups in total. The quantitative estimate of drug-likeness (QED) is 0.0628. The normalized spacial score (nSPS) is 19.9. The average Bonchev–Trinajstić information content (AvgIpc) is 3.97. The first-order chi connectivity index (χ1) is 30.5. The van der Waals surface area contributed by atoms with Gasteiger partial charge in [-0.25, -0.2) is 14.2 Å². The highest BCUT2D eigenvalue weighted by Gasteiger charge is 2.53. The fourth-order valence-corrected chi connectivity index (χ4v) is 10.1. The predicted molar refractivity (Wildman–Crippen MR) is 258 cm³/mol. The molecule has 1 saturated heterocycles. The molecule has 3 aromatic carbocycles. The van der Waals surface area contributed by atoms with E-state index in [0.29, 0.717) is 27.8 Å². The zero-order chi connectivity index (χ0) is 47.2. The summed E-state index contributed by atoms with van der Waals surface area (Å²) < 4.78 is 44.0. The van der Waals surface area contributed by atoms with Gasteiger partial charge in [0.25, 0.3) is 0 Å². The number of halogens is 1. The number of nitriles is 1. The molecule has 2 unspecified atom stereocenters. The molecule has 1 aromatic heterocycles. The fraction of sp³-hybridized carbons (Fsp3) is 0.547. The van der Waals surface area contributed by atoms with Gasteiger partial charge in [0.2, 0.25) is 5.88 Å². The molecule has 0 spiro atoms. The maximum atomic E-state index is 18.5. The van der Waals surface area contributed by atoms with Crippen molar-refractivity contribution in [2.75, 3.05) is 31.7 Å². The Morgan fingerprint density at radius 3 is 2.31 bits per heavy atom. The summed E-state index contributed by atoms with van der Waals surface area (Å²) in [6.45, 7) is 23.1. The summed E-state index contributed by atoms with van der Waals surface area (Å²) in [6.07, 6.45) is 4.60. The van der Waals surface area contributed by atoms with Crippen molar-refractivity contribution in [3.05, 3.63) is 59.4 Å². The number of aryl methyl sites for hydroxylation is 1. The Morgan fingerprint density at radius 1 is 0.985 bits per heavy atom. The summed E-state index contributed by atoms with van der Waals surface area (Å²) >= 11 is 0. The number of anilines is 1. The first kappa shape index (κ1) is 47.9. The topological polar surface area (TPSA) is 114 Å². The van der Waals surface area contributed by atoms with Gasteiger partial charge in [0, 0.05) is 29.5 Å². The highest BCUT2D eigenvalue weighted by molar-refractivity contribution is 6.74. The van der Waals surface area contributed by atoms with Gasteiger partial charge < -0.3 is 23.5 Å². The number of hydrogen-bond donors (Lipinski definition) is 0. The van der Waals surface area contributed by atoms with Crippen molar-refractivity contribution < 1.29 is 32.6 Å². The molecule has 346 valence electrons. The summed E-state index contributed by atoms with van der Waals surface area (Å²) in [6, 6.07) is 15.1. The number of esters is 1. The van der Waals surface area contributed by atoms with Crippen LogP contribution in [0, 0.1) is 46.2 Å². The molecule has 8 rings (SSSR count). The fourth-order valence-electron chi connectivity index (χ4n) is 9.21. The number of carbonyl (C=O) groups excluding carboxylic acids is 2. The molecule has 3 aliphatic carbocycles. The number of likely N-dealkylation sites (tertiary alicyclic amines) is 1. The molecular weight excluding hydrogens is 836 g/mol. The molecular formula is C53H67FN4O6Si. The Labute approximate surface area is 386 Å². The predicted octanol–water partition coefficient (Wildman–Crippen LogP) is 12.0. The first-order valence-corrected chi connectivity index (χ1v) is 26.2. The summed E-state index contributed by atoms with van der Waals surface area (Å²) in [5.41, 5.74) is 0.371. The molecule has 3 atom stereocenters. The van der Waals surface area contributed by atoms with Crippen molar-refractivity contribution in [1.29, 1.82) is 5.26 Å². The lowest BCUT2D eigenvalue weighted by Crippen LogP contribution is -2.53. The number of fused-ring (bicyclic) bond motifs is 3. The third kappa shape index (κ3) is 10.1. The highest BCUT2D eigenvalue weighted by Crippen LogP contribution is 2.54. The van der Waals surface area contributed by atoms with Gasteiger partial charge in [0.05, 0.1) is 23.8 Å². The van der Waals surface area contributed by atoms with Crippen LogP contribution in [-0.4, -0.2) is 74.8 Å². The molecule has 2 bridgehead atoms. The van der Waals surface area contributed by atoms with Crippen molar-refractivity contribution in [2.24, 2.45) is 17.3 Å². The van der Waals surface area contributed by atoms with Gasteiger partial charge >= 0.3 is 12.1 Å². The number of amides is 1. The van der Waals surface area contributed by atoms with E-state index in [1.807, 2.05) is 51.1 Å². The Bertz CT molecular complexity index is 2580. The first-order valence-electron chi connectivity index (χ1n) is 23.3. The Hall–Kier alpha value is -5.01. The minimum Gasteiger partial charge on any atom is -0.475 e. The van der Waals surface area contributed by atoms with E-state index < -0.39 is 37.2 Å². The minimum absolute atomic E-state index is 0.00467. The van der Waals surface area contributed by atoms with Crippen LogP contribution < -0.4 is 14.4 Å². The maximum Gasteiger partial charge on any atom is 0.415 e. The van der Waals surface area contributed by atoms with E-state index in [2.05, 4.69) is 63.7 Å². The van der Waals surface area contributed by atoms with Gasteiger partial charge in [-0.15, -0.1) is 0 Å². The zero-order valence-electron chi connectivity index (χ0n) is 40.5. The Balaban J connectivity index is 1.55. The van der Waals surface area contributed by atoms with Crippen LogP contribution in [0.3, 0.4) is 0 Å². The summed E-state index contributed by atoms with van der Waals surface area (Å²) in [7, 11) is -0.126. The van der Waals surface area contributed by atoms with Crippen LogP contribution >= 0.6 is 0 Å². The van der Waals surface area contributed by atoms with Crippen LogP contribution in [0.1, 0.15) is 112 Å². The molecule has 4 aromatic rings. The van der Waals surface area contributed by atoms with Crippen LogP contribution in [0.25, 0.3) is 32.8 Å². The lowest BCUT2D eigenvalue weighted by molar-refractivity contribution is -0.142. The standard InChI is InChI=1S/C53H67FN4O6Si/c1-51(2,3)49(59)63-38-29-33-18-13-14-21-39(33)41(31-38)43-34(19-15-25-55)30-42-45(44(43)54)56-48(61-32-37-20-16-26-57(37)10)40(22-17-27-62-65(11,12)53(7,8)9)47(42)58(50(60)64-52(4,5)6)46-35-23-24-36(46)28-35/h13-14,18,21,29-31,35-37,46H,15-16,19-20,23-24,26-28,32H2,1-12H3/t35?,36?,37-,46?/m0/s1. The van der Waals surface area contributed by atoms with Gasteiger partial charge in [0.1, 0.15) is 29.0 Å². The summed E-state index contributed by atoms with van der Waals surface area (Å²) in [5, 5.41) is 11.8. The third-order valence-electron chi connectivity index (χ3n) is 13.9. The van der Waals surface area contributed by atoms with E-state index in [4.69, 9.17) is 23.6 Å². The highest BCUT2D eigenvalue weighted by atomic mass is 28.4. The number of aromatic nitrogens is 1. The largest absolute Gasteiger partial charge is 0.475 e. The smallest absolute Gasteiger partial charge is 0.415 e. The average molecular weight is 903 g/mol. The summed E-state index contributed by atoms with van der Waals surface area (Å²) in [4.78, 5) is 37.3. The van der Waals surface area contributed by atoms with Crippen LogP contribution in [0.2, 0.25) is 18.1 Å². The number of ether oxygens (including phenoxy) is 3. The number of carbonyl (C=O) groups is 2. The van der Waals surface area contributed by atoms with Gasteiger partial charge in [-0.3, -0.25) is 9.69 Å². The molecule has 2 heterocycles. The third-order valence-corrected chi connectivity index (χ3v) is 18.4. The number of hydrogen-bond acceptors (Lipinski definition) is 9. The van der Waals surface area contributed by atoms with Crippen molar-refractivity contribution in [3.8, 4) is 40.7 Å². The summed E-state index contributed by atoms with van der Waals surface area (Å²) in [5.74, 6) is 6.46. The van der Waals surface area contributed by atoms with Crippen molar-refractivity contribution in [2.45, 2.75) is 143 Å². The molecule has 3 saturated carbocycles. The van der Waals surface area contributed by atoms with Crippen molar-refractivity contribution in [3.63, 3.8) is 0 Å². The van der Waals surface area contributed by atoms with Gasteiger partial charge in [-0.1, -0.05) is 56.9 Å². The monoisotopic (exact) mass is 902 g/mol. The molecule has 65 heavy (non-hydrogen) atoms. The second-order valence-electron chi connectivity index (χ2n) is 21.9. The molecule has 12 heteroatoms. The van der Waals surface area contributed by atoms with E-state index in [1.165, 1.54) is 0 Å². The number of pyridine rings is 1. The van der Waals surface area contributed by atoms with Crippen molar-refractivity contribution in [1.82, 2.24) is 9.88 Å². The molecule has 4 fully saturated rings. The molecule has 1 aliphatic heterocycles. The van der Waals surface area contributed by atoms with E-state index in [0.717, 1.165) is 49.4 Å². The van der Waals surface area contributed by atoms with E-state index in [-0.39, 0.29) is 77.7 Å². The van der Waals surface area contributed by atoms with Gasteiger partial charge in [-0.2, -0.15) is 5.26 Å². The van der Waals surface area contributed by atoms with Gasteiger partial charge in [0.15, 0.2) is 14.1 Å². The number of benzene rings is 3. The lowest BCUT2D eigenvalue weighted by atomic mass is 9.77. The zero-order valence-corrected chi connectivity index (χ0v) is 41.5. The molecule has 4 aliphatic rings. The molecule has 0 radical (unpaired) electrons. The molecule has 1 amide bonds. The lowest BCUT2D eigenvalue weighted by Gasteiger charge is -2.45. The number of rotatable bonds is 11. The van der Waals surface area contributed by atoms with Crippen LogP contribution in [0.5, 0.6) is 11.6 Å². The van der Waals surface area contributed by atoms with E-state index >= 15 is 4.39 Å². The van der Waals surface area contributed by atoms with E-state index in [1.54, 1.807) is 37.8 Å². The second kappa shape index (κ2) is 18.3. The molecule has 10 nitrogen and oxygen atoms in total.